The van der Waals surface area contributed by atoms with E-state index in [-0.39, 0.29) is 24.3 Å². The number of anilines is 1. The zero-order chi connectivity index (χ0) is 21.9. The van der Waals surface area contributed by atoms with Crippen LogP contribution in [-0.2, 0) is 12.7 Å². The number of halogens is 3. The summed E-state index contributed by atoms with van der Waals surface area (Å²) in [6.45, 7) is 3.98. The van der Waals surface area contributed by atoms with Gasteiger partial charge in [0.05, 0.1) is 27.7 Å². The first-order chi connectivity index (χ1) is 14.1. The van der Waals surface area contributed by atoms with Gasteiger partial charge in [0.1, 0.15) is 5.69 Å². The number of nitrogens with zero attached hydrogens (tertiary/aromatic N) is 3. The molecule has 0 saturated heterocycles. The van der Waals surface area contributed by atoms with Crippen molar-refractivity contribution in [3.05, 3.63) is 63.0 Å². The molecular weight excluding hydrogens is 419 g/mol. The number of carbonyl (C=O) groups is 1. The fourth-order valence-electron chi connectivity index (χ4n) is 2.69. The highest BCUT2D eigenvalue weighted by Gasteiger charge is 2.29. The lowest BCUT2D eigenvalue weighted by atomic mass is 10.2. The molecule has 2 heterocycles. The first-order valence-electron chi connectivity index (χ1n) is 8.88. The minimum atomic E-state index is -4.44. The Morgan fingerprint density at radius 2 is 1.83 bits per heavy atom. The molecule has 0 radical (unpaired) electrons. The molecule has 0 spiro atoms. The third-order valence-corrected chi connectivity index (χ3v) is 5.18. The lowest BCUT2D eigenvalue weighted by molar-refractivity contribution is -0.137. The molecule has 0 aliphatic carbocycles. The predicted octanol–water partition coefficient (Wildman–Crippen LogP) is 3.82. The highest BCUT2D eigenvalue weighted by atomic mass is 32.1. The Bertz CT molecular complexity index is 1110. The van der Waals surface area contributed by atoms with Gasteiger partial charge in [0.25, 0.3) is 5.56 Å². The maximum Gasteiger partial charge on any atom is 0.416 e. The van der Waals surface area contributed by atoms with Crippen molar-refractivity contribution in [2.75, 3.05) is 11.9 Å². The number of urea groups is 1. The molecule has 158 valence electrons. The van der Waals surface area contributed by atoms with Crippen LogP contribution in [0.1, 0.15) is 16.3 Å². The summed E-state index contributed by atoms with van der Waals surface area (Å²) in [4.78, 5) is 29.2. The normalized spacial score (nSPS) is 11.4. The lowest BCUT2D eigenvalue weighted by Gasteiger charge is -2.10. The smallest absolute Gasteiger partial charge is 0.336 e. The van der Waals surface area contributed by atoms with E-state index in [0.717, 1.165) is 39.8 Å². The average molecular weight is 437 g/mol. The number of hydrogen-bond acceptors (Lipinski definition) is 5. The zero-order valence-electron chi connectivity index (χ0n) is 16.1. The first kappa shape index (κ1) is 21.5. The molecule has 0 fully saturated rings. The predicted molar refractivity (Wildman–Crippen MR) is 108 cm³/mol. The molecule has 0 atom stereocenters. The Labute approximate surface area is 173 Å². The van der Waals surface area contributed by atoms with Gasteiger partial charge in [0.2, 0.25) is 0 Å². The van der Waals surface area contributed by atoms with Crippen LogP contribution < -0.4 is 16.2 Å². The average Bonchev–Trinajstić information content (AvgIpc) is 3.01. The molecule has 0 bridgehead atoms. The second-order valence-electron chi connectivity index (χ2n) is 6.38. The maximum absolute atomic E-state index is 12.6. The van der Waals surface area contributed by atoms with Crippen LogP contribution >= 0.6 is 11.3 Å². The minimum absolute atomic E-state index is 0.101. The van der Waals surface area contributed by atoms with Gasteiger partial charge in [0.15, 0.2) is 0 Å². The van der Waals surface area contributed by atoms with Crippen molar-refractivity contribution in [3.63, 3.8) is 0 Å². The van der Waals surface area contributed by atoms with E-state index >= 15 is 0 Å². The van der Waals surface area contributed by atoms with Crippen LogP contribution in [0.25, 0.3) is 10.6 Å². The second kappa shape index (κ2) is 8.66. The second-order valence-corrected chi connectivity index (χ2v) is 7.59. The summed E-state index contributed by atoms with van der Waals surface area (Å²) < 4.78 is 38.9. The van der Waals surface area contributed by atoms with E-state index < -0.39 is 17.8 Å². The fourth-order valence-corrected chi connectivity index (χ4v) is 3.58. The van der Waals surface area contributed by atoms with Gasteiger partial charge in [-0.1, -0.05) is 0 Å². The van der Waals surface area contributed by atoms with Crippen LogP contribution in [0.2, 0.25) is 0 Å². The van der Waals surface area contributed by atoms with Gasteiger partial charge in [-0.15, -0.1) is 11.3 Å². The van der Waals surface area contributed by atoms with Gasteiger partial charge in [-0.25, -0.2) is 14.5 Å². The Hall–Kier alpha value is -3.21. The third kappa shape index (κ3) is 5.23. The number of nitrogens with one attached hydrogen (secondary N) is 2. The Balaban J connectivity index is 1.58. The molecule has 0 aliphatic rings. The molecule has 2 N–H and O–H groups in total. The summed E-state index contributed by atoms with van der Waals surface area (Å²) in [5.74, 6) is 0. The Kier molecular flexibility index (Phi) is 6.20. The third-order valence-electron chi connectivity index (χ3n) is 4.08. The van der Waals surface area contributed by atoms with Crippen molar-refractivity contribution in [1.82, 2.24) is 20.1 Å². The molecule has 3 rings (SSSR count). The van der Waals surface area contributed by atoms with Crippen molar-refractivity contribution < 1.29 is 18.0 Å². The van der Waals surface area contributed by atoms with E-state index in [4.69, 9.17) is 0 Å². The highest BCUT2D eigenvalue weighted by Crippen LogP contribution is 2.30. The number of aromatic nitrogens is 3. The summed E-state index contributed by atoms with van der Waals surface area (Å²) in [6.07, 6.45) is -4.44. The summed E-state index contributed by atoms with van der Waals surface area (Å²) in [5.41, 5.74) is 0.540. The maximum atomic E-state index is 12.6. The van der Waals surface area contributed by atoms with Gasteiger partial charge in [0, 0.05) is 18.3 Å². The van der Waals surface area contributed by atoms with Crippen LogP contribution in [0.15, 0.2) is 41.2 Å². The quantitative estimate of drug-likeness (QED) is 0.635. The van der Waals surface area contributed by atoms with E-state index in [2.05, 4.69) is 20.7 Å². The number of rotatable bonds is 5. The van der Waals surface area contributed by atoms with E-state index in [1.165, 1.54) is 22.1 Å². The van der Waals surface area contributed by atoms with Crippen LogP contribution in [-0.4, -0.2) is 27.3 Å². The van der Waals surface area contributed by atoms with E-state index in [9.17, 15) is 22.8 Å². The topological polar surface area (TPSA) is 88.9 Å². The fraction of sp³-hybridized carbons (Fsp3) is 0.263. The summed E-state index contributed by atoms with van der Waals surface area (Å²) in [5, 5.41) is 10.2. The van der Waals surface area contributed by atoms with Gasteiger partial charge >= 0.3 is 12.2 Å². The minimum Gasteiger partial charge on any atom is -0.336 e. The molecular formula is C19H18F3N5O2S. The van der Waals surface area contributed by atoms with Crippen molar-refractivity contribution in [2.24, 2.45) is 0 Å². The molecule has 0 saturated carbocycles. The monoisotopic (exact) mass is 437 g/mol. The van der Waals surface area contributed by atoms with Crippen molar-refractivity contribution in [1.29, 1.82) is 0 Å². The number of hydrogen-bond donors (Lipinski definition) is 2. The van der Waals surface area contributed by atoms with Crippen LogP contribution in [0.5, 0.6) is 0 Å². The molecule has 11 heteroatoms. The number of thiazole rings is 1. The van der Waals surface area contributed by atoms with Gasteiger partial charge in [-0.2, -0.15) is 18.3 Å². The Morgan fingerprint density at radius 3 is 2.43 bits per heavy atom. The largest absolute Gasteiger partial charge is 0.416 e. The molecule has 0 unspecified atom stereocenters. The van der Waals surface area contributed by atoms with E-state index in [1.54, 1.807) is 6.07 Å². The van der Waals surface area contributed by atoms with Gasteiger partial charge in [-0.05, 0) is 44.2 Å². The van der Waals surface area contributed by atoms with Crippen LogP contribution in [0.4, 0.5) is 23.7 Å². The molecule has 2 amide bonds. The Morgan fingerprint density at radius 1 is 1.13 bits per heavy atom. The summed E-state index contributed by atoms with van der Waals surface area (Å²) in [7, 11) is 0. The molecule has 2 aromatic heterocycles. The molecule has 7 nitrogen and oxygen atoms in total. The number of benzene rings is 1. The SMILES string of the molecule is Cc1nc(C)c(-c2ccc(=O)n(CCNC(=O)Nc3ccc(C(F)(F)F)cc3)n2)s1. The number of aryl methyl sites for hydroxylation is 2. The molecule has 0 aliphatic heterocycles. The zero-order valence-corrected chi connectivity index (χ0v) is 16.9. The number of carbonyl (C=O) groups excluding carboxylic acids is 1. The van der Waals surface area contributed by atoms with Crippen LogP contribution in [0.3, 0.4) is 0 Å². The summed E-state index contributed by atoms with van der Waals surface area (Å²) in [6, 6.07) is 6.52. The van der Waals surface area contributed by atoms with Crippen molar-refractivity contribution in [2.45, 2.75) is 26.6 Å². The first-order valence-corrected chi connectivity index (χ1v) is 9.70. The standard InChI is InChI=1S/C19H18F3N5O2S/c1-11-17(30-12(2)24-11)15-7-8-16(28)27(26-15)10-9-23-18(29)25-14-5-3-13(4-6-14)19(20,21)22/h3-8H,9-10H2,1-2H3,(H2,23,25,29). The molecule has 1 aromatic carbocycles. The van der Waals surface area contributed by atoms with Crippen molar-refractivity contribution in [3.8, 4) is 10.6 Å². The number of alkyl halides is 3. The van der Waals surface area contributed by atoms with Crippen LogP contribution in [0, 0.1) is 13.8 Å². The lowest BCUT2D eigenvalue weighted by Crippen LogP contribution is -2.34. The van der Waals surface area contributed by atoms with E-state index in [1.807, 2.05) is 13.8 Å². The highest BCUT2D eigenvalue weighted by molar-refractivity contribution is 7.15. The van der Waals surface area contributed by atoms with Gasteiger partial charge in [-0.3, -0.25) is 4.79 Å². The number of amides is 2. The van der Waals surface area contributed by atoms with E-state index in [0.29, 0.717) is 5.69 Å². The summed E-state index contributed by atoms with van der Waals surface area (Å²) >= 11 is 1.48. The molecule has 30 heavy (non-hydrogen) atoms. The molecule has 3 aromatic rings. The van der Waals surface area contributed by atoms with Gasteiger partial charge < -0.3 is 10.6 Å². The van der Waals surface area contributed by atoms with Crippen molar-refractivity contribution >= 4 is 23.1 Å².